The van der Waals surface area contributed by atoms with Gasteiger partial charge in [-0.05, 0) is 31.6 Å². The molecule has 1 atom stereocenters. The SMILES string of the molecule is CCC1CCC(C(C)(C(=O)O)C(=O)OC)CC1. The quantitative estimate of drug-likeness (QED) is 0.607. The molecule has 0 spiro atoms. The molecule has 98 valence electrons. The molecule has 0 aromatic carbocycles. The summed E-state index contributed by atoms with van der Waals surface area (Å²) in [5, 5.41) is 9.31. The number of carboxylic acid groups (broad SMARTS) is 1. The van der Waals surface area contributed by atoms with Crippen molar-refractivity contribution >= 4 is 11.9 Å². The first-order chi connectivity index (χ1) is 7.96. The van der Waals surface area contributed by atoms with E-state index in [1.807, 2.05) is 0 Å². The maximum Gasteiger partial charge on any atom is 0.323 e. The van der Waals surface area contributed by atoms with E-state index in [-0.39, 0.29) is 5.92 Å². The summed E-state index contributed by atoms with van der Waals surface area (Å²) >= 11 is 0. The van der Waals surface area contributed by atoms with Crippen LogP contribution in [0.25, 0.3) is 0 Å². The van der Waals surface area contributed by atoms with Crippen molar-refractivity contribution in [1.29, 1.82) is 0 Å². The molecule has 17 heavy (non-hydrogen) atoms. The van der Waals surface area contributed by atoms with Crippen LogP contribution < -0.4 is 0 Å². The molecule has 1 saturated carbocycles. The van der Waals surface area contributed by atoms with Gasteiger partial charge in [0.05, 0.1) is 7.11 Å². The first kappa shape index (κ1) is 14.0. The van der Waals surface area contributed by atoms with Crippen molar-refractivity contribution in [2.24, 2.45) is 17.3 Å². The molecule has 1 fully saturated rings. The Morgan fingerprint density at radius 1 is 1.29 bits per heavy atom. The number of carbonyl (C=O) groups excluding carboxylic acids is 1. The standard InChI is InChI=1S/C13H22O4/c1-4-9-5-7-10(8-6-9)13(2,11(14)15)12(16)17-3/h9-10H,4-8H2,1-3H3,(H,14,15). The van der Waals surface area contributed by atoms with E-state index in [9.17, 15) is 14.7 Å². The van der Waals surface area contributed by atoms with Crippen molar-refractivity contribution in [3.8, 4) is 0 Å². The number of carbonyl (C=O) groups is 2. The topological polar surface area (TPSA) is 63.6 Å². The van der Waals surface area contributed by atoms with E-state index >= 15 is 0 Å². The number of aliphatic carboxylic acids is 1. The lowest BCUT2D eigenvalue weighted by Gasteiger charge is -2.36. The summed E-state index contributed by atoms with van der Waals surface area (Å²) in [5.74, 6) is -1.11. The van der Waals surface area contributed by atoms with Gasteiger partial charge in [-0.1, -0.05) is 26.2 Å². The van der Waals surface area contributed by atoms with Crippen LogP contribution in [0.4, 0.5) is 0 Å². The molecule has 0 aliphatic heterocycles. The summed E-state index contributed by atoms with van der Waals surface area (Å²) in [7, 11) is 1.25. The summed E-state index contributed by atoms with van der Waals surface area (Å²) in [6, 6.07) is 0. The Morgan fingerprint density at radius 3 is 2.18 bits per heavy atom. The minimum Gasteiger partial charge on any atom is -0.480 e. The smallest absolute Gasteiger partial charge is 0.323 e. The van der Waals surface area contributed by atoms with Crippen LogP contribution in [-0.2, 0) is 14.3 Å². The maximum atomic E-state index is 11.7. The Labute approximate surface area is 102 Å². The van der Waals surface area contributed by atoms with Gasteiger partial charge in [-0.15, -0.1) is 0 Å². The maximum absolute atomic E-state index is 11.7. The number of esters is 1. The van der Waals surface area contributed by atoms with E-state index in [2.05, 4.69) is 11.7 Å². The van der Waals surface area contributed by atoms with Crippen molar-refractivity contribution in [2.45, 2.75) is 46.0 Å². The second-order valence-corrected chi connectivity index (χ2v) is 5.12. The van der Waals surface area contributed by atoms with E-state index in [1.165, 1.54) is 14.0 Å². The number of carboxylic acids is 1. The molecule has 0 radical (unpaired) electrons. The molecule has 4 nitrogen and oxygen atoms in total. The fraction of sp³-hybridized carbons (Fsp3) is 0.846. The highest BCUT2D eigenvalue weighted by Gasteiger charge is 2.50. The number of hydrogen-bond acceptors (Lipinski definition) is 3. The summed E-state index contributed by atoms with van der Waals surface area (Å²) in [6.45, 7) is 3.65. The molecule has 0 bridgehead atoms. The van der Waals surface area contributed by atoms with Crippen LogP contribution in [0.2, 0.25) is 0 Å². The molecule has 4 heteroatoms. The van der Waals surface area contributed by atoms with E-state index in [0.717, 1.165) is 32.1 Å². The van der Waals surface area contributed by atoms with E-state index < -0.39 is 17.4 Å². The molecule has 0 aromatic rings. The van der Waals surface area contributed by atoms with Crippen molar-refractivity contribution in [3.63, 3.8) is 0 Å². The average Bonchev–Trinajstić information content (AvgIpc) is 2.36. The highest BCUT2D eigenvalue weighted by Crippen LogP contribution is 2.42. The molecular formula is C13H22O4. The Bertz CT molecular complexity index is 292. The van der Waals surface area contributed by atoms with Crippen LogP contribution in [0, 0.1) is 17.3 Å². The van der Waals surface area contributed by atoms with Gasteiger partial charge in [-0.3, -0.25) is 9.59 Å². The third-order valence-electron chi connectivity index (χ3n) is 4.29. The van der Waals surface area contributed by atoms with Gasteiger partial charge in [0, 0.05) is 0 Å². The zero-order chi connectivity index (χ0) is 13.1. The molecule has 0 amide bonds. The van der Waals surface area contributed by atoms with Gasteiger partial charge < -0.3 is 9.84 Å². The largest absolute Gasteiger partial charge is 0.480 e. The van der Waals surface area contributed by atoms with Gasteiger partial charge in [0.1, 0.15) is 0 Å². The van der Waals surface area contributed by atoms with Gasteiger partial charge in [-0.25, -0.2) is 0 Å². The highest BCUT2D eigenvalue weighted by atomic mass is 16.5. The van der Waals surface area contributed by atoms with Crippen molar-refractivity contribution in [2.75, 3.05) is 7.11 Å². The number of hydrogen-bond donors (Lipinski definition) is 1. The van der Waals surface area contributed by atoms with Gasteiger partial charge in [0.2, 0.25) is 0 Å². The number of ether oxygens (including phenoxy) is 1. The third-order valence-corrected chi connectivity index (χ3v) is 4.29. The Balaban J connectivity index is 2.80. The van der Waals surface area contributed by atoms with Crippen LogP contribution in [0.5, 0.6) is 0 Å². The van der Waals surface area contributed by atoms with Gasteiger partial charge >= 0.3 is 11.9 Å². The van der Waals surface area contributed by atoms with Crippen LogP contribution in [0.1, 0.15) is 46.0 Å². The molecule has 1 N–H and O–H groups in total. The lowest BCUT2D eigenvalue weighted by atomic mass is 9.67. The fourth-order valence-corrected chi connectivity index (χ4v) is 2.79. The second kappa shape index (κ2) is 5.52. The Hall–Kier alpha value is -1.06. The molecule has 1 rings (SSSR count). The third kappa shape index (κ3) is 2.61. The molecule has 0 saturated heterocycles. The summed E-state index contributed by atoms with van der Waals surface area (Å²) in [4.78, 5) is 23.1. The van der Waals surface area contributed by atoms with E-state index in [4.69, 9.17) is 0 Å². The zero-order valence-electron chi connectivity index (χ0n) is 10.9. The van der Waals surface area contributed by atoms with Crippen LogP contribution in [-0.4, -0.2) is 24.2 Å². The fourth-order valence-electron chi connectivity index (χ4n) is 2.79. The lowest BCUT2D eigenvalue weighted by Crippen LogP contribution is -2.45. The predicted molar refractivity (Wildman–Crippen MR) is 63.5 cm³/mol. The van der Waals surface area contributed by atoms with Gasteiger partial charge in [-0.2, -0.15) is 0 Å². The summed E-state index contributed by atoms with van der Waals surface area (Å²) in [6.07, 6.45) is 4.77. The van der Waals surface area contributed by atoms with Gasteiger partial charge in [0.15, 0.2) is 5.41 Å². The predicted octanol–water partition coefficient (Wildman–Crippen LogP) is 2.47. The zero-order valence-corrected chi connectivity index (χ0v) is 10.9. The molecule has 1 aliphatic rings. The monoisotopic (exact) mass is 242 g/mol. The number of rotatable bonds is 4. The molecule has 0 aromatic heterocycles. The summed E-state index contributed by atoms with van der Waals surface area (Å²) < 4.78 is 4.66. The van der Waals surface area contributed by atoms with E-state index in [1.54, 1.807) is 0 Å². The second-order valence-electron chi connectivity index (χ2n) is 5.12. The van der Waals surface area contributed by atoms with Crippen molar-refractivity contribution < 1.29 is 19.4 Å². The van der Waals surface area contributed by atoms with Gasteiger partial charge in [0.25, 0.3) is 0 Å². The summed E-state index contributed by atoms with van der Waals surface area (Å²) in [5.41, 5.74) is -1.38. The Kier molecular flexibility index (Phi) is 4.54. The van der Waals surface area contributed by atoms with Crippen LogP contribution >= 0.6 is 0 Å². The molecular weight excluding hydrogens is 220 g/mol. The van der Waals surface area contributed by atoms with Crippen molar-refractivity contribution in [1.82, 2.24) is 0 Å². The minimum absolute atomic E-state index is 0.102. The van der Waals surface area contributed by atoms with Crippen LogP contribution in [0.15, 0.2) is 0 Å². The number of methoxy groups -OCH3 is 1. The Morgan fingerprint density at radius 2 is 1.82 bits per heavy atom. The first-order valence-corrected chi connectivity index (χ1v) is 6.28. The molecule has 1 aliphatic carbocycles. The van der Waals surface area contributed by atoms with E-state index in [0.29, 0.717) is 5.92 Å². The first-order valence-electron chi connectivity index (χ1n) is 6.28. The molecule has 1 unspecified atom stereocenters. The average molecular weight is 242 g/mol. The van der Waals surface area contributed by atoms with Crippen LogP contribution in [0.3, 0.4) is 0 Å². The normalized spacial score (nSPS) is 28.2. The van der Waals surface area contributed by atoms with Crippen molar-refractivity contribution in [3.05, 3.63) is 0 Å². The molecule has 0 heterocycles. The highest BCUT2D eigenvalue weighted by molar-refractivity contribution is 5.99. The lowest BCUT2D eigenvalue weighted by molar-refractivity contribution is -0.171. The minimum atomic E-state index is -1.38.